The fourth-order valence-electron chi connectivity index (χ4n) is 3.43. The first-order chi connectivity index (χ1) is 17.6. The summed E-state index contributed by atoms with van der Waals surface area (Å²) in [6, 6.07) is 0. The summed E-state index contributed by atoms with van der Waals surface area (Å²) in [6.45, 7) is 42.7. The van der Waals surface area contributed by atoms with Gasteiger partial charge in [0, 0.05) is 55.0 Å². The van der Waals surface area contributed by atoms with Gasteiger partial charge in [0.15, 0.2) is 0 Å². The smallest absolute Gasteiger partial charge is 0.338 e. The molecule has 0 aliphatic rings. The van der Waals surface area contributed by atoms with Gasteiger partial charge in [-0.15, -0.1) is 0 Å². The van der Waals surface area contributed by atoms with E-state index in [1.807, 2.05) is 35.2 Å². The van der Waals surface area contributed by atoms with Crippen LogP contribution >= 0.6 is 0 Å². The molecular formula is C33H60BN6Zr. The fourth-order valence-corrected chi connectivity index (χ4v) is 3.43. The van der Waals surface area contributed by atoms with Crippen LogP contribution in [0.2, 0.25) is 0 Å². The standard InChI is InChI=1S/C18H27BN6.3C5H11.Zr/c1-10-13(4)23(7)20-16(10)19(17-11(2)14(5)24(8)21-17)18-12(3)15(6)25(9)22-18;3*1-5(2,3)4;/h1-9H3;3*1H2,2-4H3;/q;3*-1;+3. The molecular weight excluding hydrogens is 582 g/mol. The maximum absolute atomic E-state index is 4.84. The molecule has 8 heteroatoms. The number of hydrogen-bond acceptors (Lipinski definition) is 3. The van der Waals surface area contributed by atoms with Gasteiger partial charge < -0.3 is 20.8 Å². The molecule has 0 aromatic carbocycles. The molecule has 0 N–H and O–H groups in total. The van der Waals surface area contributed by atoms with Crippen LogP contribution in [0.4, 0.5) is 0 Å². The van der Waals surface area contributed by atoms with E-state index in [9.17, 15) is 0 Å². The first-order valence-electron chi connectivity index (χ1n) is 14.2. The molecule has 3 rings (SSSR count). The summed E-state index contributed by atoms with van der Waals surface area (Å²) in [7, 11) is 5.99. The number of aromatic nitrogens is 6. The Labute approximate surface area is 273 Å². The van der Waals surface area contributed by atoms with Crippen LogP contribution in [0.1, 0.15) is 96.1 Å². The summed E-state index contributed by atoms with van der Waals surface area (Å²) in [6.07, 6.45) is 0. The molecule has 0 aliphatic heterocycles. The van der Waals surface area contributed by atoms with Gasteiger partial charge >= 0.3 is 32.9 Å². The second kappa shape index (κ2) is 15.9. The molecule has 0 bridgehead atoms. The summed E-state index contributed by atoms with van der Waals surface area (Å²) in [5.41, 5.74) is 11.0. The van der Waals surface area contributed by atoms with Crippen molar-refractivity contribution in [3.05, 3.63) is 54.5 Å². The summed E-state index contributed by atoms with van der Waals surface area (Å²) in [5.74, 6) is 0. The molecule has 0 saturated heterocycles. The van der Waals surface area contributed by atoms with E-state index in [1.54, 1.807) is 0 Å². The number of aryl methyl sites for hydroxylation is 3. The van der Waals surface area contributed by atoms with E-state index in [0.717, 1.165) is 16.8 Å². The van der Waals surface area contributed by atoms with Crippen LogP contribution in [0, 0.1) is 78.6 Å². The minimum atomic E-state index is -0.0558. The molecule has 0 aliphatic carbocycles. The average Bonchev–Trinajstić information content (AvgIpc) is 3.23. The molecule has 0 spiro atoms. The Bertz CT molecular complexity index is 1060. The molecule has 6 nitrogen and oxygen atoms in total. The third-order valence-corrected chi connectivity index (χ3v) is 5.83. The molecule has 229 valence electrons. The normalized spacial score (nSPS) is 11.3. The second-order valence-electron chi connectivity index (χ2n) is 14.8. The molecule has 3 aromatic heterocycles. The van der Waals surface area contributed by atoms with Crippen molar-refractivity contribution in [1.29, 1.82) is 0 Å². The molecule has 41 heavy (non-hydrogen) atoms. The Kier molecular flexibility index (Phi) is 16.2. The van der Waals surface area contributed by atoms with Crippen LogP contribution in [-0.4, -0.2) is 36.1 Å². The maximum atomic E-state index is 4.84. The van der Waals surface area contributed by atoms with Gasteiger partial charge in [0.25, 0.3) is 0 Å². The second-order valence-corrected chi connectivity index (χ2v) is 14.8. The molecule has 1 radical (unpaired) electrons. The third kappa shape index (κ3) is 15.0. The fraction of sp³-hybridized carbons (Fsp3) is 0.636. The van der Waals surface area contributed by atoms with Crippen LogP contribution in [0.15, 0.2) is 0 Å². The monoisotopic (exact) mass is 641 g/mol. The van der Waals surface area contributed by atoms with Crippen molar-refractivity contribution in [3.63, 3.8) is 0 Å². The summed E-state index contributed by atoms with van der Waals surface area (Å²) in [4.78, 5) is 0. The van der Waals surface area contributed by atoms with Crippen molar-refractivity contribution in [3.8, 4) is 0 Å². The van der Waals surface area contributed by atoms with Crippen molar-refractivity contribution in [2.45, 2.75) is 104 Å². The predicted octanol–water partition coefficient (Wildman–Crippen LogP) is 5.85. The first kappa shape index (κ1) is 41.7. The Morgan fingerprint density at radius 1 is 0.463 bits per heavy atom. The van der Waals surface area contributed by atoms with Gasteiger partial charge in [-0.1, -0.05) is 62.3 Å². The molecule has 3 heterocycles. The number of nitrogens with zero attached hydrogens (tertiary/aromatic N) is 6. The predicted molar refractivity (Wildman–Crippen MR) is 177 cm³/mol. The third-order valence-electron chi connectivity index (χ3n) is 5.83. The van der Waals surface area contributed by atoms with Crippen LogP contribution in [-0.2, 0) is 47.3 Å². The molecule has 0 atom stereocenters. The van der Waals surface area contributed by atoms with Crippen LogP contribution in [0.25, 0.3) is 0 Å². The maximum Gasteiger partial charge on any atom is 3.00 e. The van der Waals surface area contributed by atoms with Gasteiger partial charge in [-0.05, 0) is 58.2 Å². The summed E-state index contributed by atoms with van der Waals surface area (Å²) >= 11 is 0. The summed E-state index contributed by atoms with van der Waals surface area (Å²) in [5, 5.41) is 14.5. The Morgan fingerprint density at radius 3 is 0.707 bits per heavy atom. The van der Waals surface area contributed by atoms with E-state index < -0.39 is 0 Å². The topological polar surface area (TPSA) is 53.5 Å². The summed E-state index contributed by atoms with van der Waals surface area (Å²) < 4.78 is 5.86. The van der Waals surface area contributed by atoms with E-state index >= 15 is 0 Å². The van der Waals surface area contributed by atoms with Crippen molar-refractivity contribution in [2.24, 2.45) is 37.4 Å². The minimum absolute atomic E-state index is 0. The number of hydrogen-bond donors (Lipinski definition) is 0. The zero-order valence-corrected chi connectivity index (χ0v) is 32.3. The molecule has 3 aromatic rings. The Balaban J connectivity index is 0. The number of rotatable bonds is 3. The van der Waals surface area contributed by atoms with Gasteiger partial charge in [0.1, 0.15) is 0 Å². The van der Waals surface area contributed by atoms with Gasteiger partial charge in [0.2, 0.25) is 0 Å². The van der Waals surface area contributed by atoms with Crippen LogP contribution in [0.3, 0.4) is 0 Å². The zero-order chi connectivity index (χ0) is 32.1. The molecule has 0 saturated carbocycles. The van der Waals surface area contributed by atoms with E-state index in [0.29, 0.717) is 0 Å². The van der Waals surface area contributed by atoms with Crippen molar-refractivity contribution in [1.82, 2.24) is 29.3 Å². The molecule has 0 fully saturated rings. The Morgan fingerprint density at radius 2 is 0.610 bits per heavy atom. The largest absolute Gasteiger partial charge is 3.00 e. The van der Waals surface area contributed by atoms with Crippen molar-refractivity contribution < 1.29 is 26.2 Å². The van der Waals surface area contributed by atoms with Crippen molar-refractivity contribution >= 4 is 23.5 Å². The van der Waals surface area contributed by atoms with Crippen LogP contribution < -0.4 is 16.8 Å². The minimum Gasteiger partial charge on any atom is -0.338 e. The van der Waals surface area contributed by atoms with Gasteiger partial charge in [-0.3, -0.25) is 14.0 Å². The zero-order valence-electron chi connectivity index (χ0n) is 29.9. The van der Waals surface area contributed by atoms with E-state index in [-0.39, 0.29) is 49.2 Å². The quantitative estimate of drug-likeness (QED) is 0.266. The van der Waals surface area contributed by atoms with Crippen LogP contribution in [0.5, 0.6) is 0 Å². The van der Waals surface area contributed by atoms with Gasteiger partial charge in [-0.2, -0.15) is 31.5 Å². The van der Waals surface area contributed by atoms with Gasteiger partial charge in [-0.25, -0.2) is 0 Å². The van der Waals surface area contributed by atoms with E-state index in [4.69, 9.17) is 15.3 Å². The molecule has 0 amide bonds. The average molecular weight is 643 g/mol. The van der Waals surface area contributed by atoms with Crippen molar-refractivity contribution in [2.75, 3.05) is 0 Å². The van der Waals surface area contributed by atoms with Gasteiger partial charge in [0.05, 0.1) is 0 Å². The van der Waals surface area contributed by atoms with E-state index in [1.165, 1.54) is 33.8 Å². The first-order valence-corrected chi connectivity index (χ1v) is 14.2. The molecule has 0 unspecified atom stereocenters. The Hall–Kier alpha value is -1.42. The van der Waals surface area contributed by atoms with E-state index in [2.05, 4.69) is 125 Å². The SMILES string of the molecule is Cc1c(B(c2nn(C)c(C)c2C)c2nn(C)c(C)c2C)nn(C)c1C.[CH2-]C(C)(C)C.[CH2-]C(C)(C)C.[CH2-]C(C)(C)C.[Zr+3].